The number of benzene rings is 1. The van der Waals surface area contributed by atoms with Gasteiger partial charge in [-0.3, -0.25) is 4.79 Å². The Morgan fingerprint density at radius 3 is 2.82 bits per heavy atom. The fourth-order valence-electron chi connectivity index (χ4n) is 1.43. The molecule has 0 fully saturated rings. The Kier molecular flexibility index (Phi) is 2.86. The quantitative estimate of drug-likeness (QED) is 0.874. The topological polar surface area (TPSA) is 60.9 Å². The maximum absolute atomic E-state index is 13.3. The van der Waals surface area contributed by atoms with E-state index in [2.05, 4.69) is 4.98 Å². The van der Waals surface area contributed by atoms with Crippen LogP contribution in [0.2, 0.25) is 0 Å². The number of imidazole rings is 1. The zero-order chi connectivity index (χ0) is 12.4. The van der Waals surface area contributed by atoms with Crippen molar-refractivity contribution in [2.75, 3.05) is 0 Å². The lowest BCUT2D eigenvalue weighted by Gasteiger charge is -2.03. The highest BCUT2D eigenvalue weighted by Gasteiger charge is 2.07. The van der Waals surface area contributed by atoms with E-state index in [0.717, 1.165) is 18.2 Å². The van der Waals surface area contributed by atoms with E-state index in [1.54, 1.807) is 0 Å². The molecule has 1 amide bonds. The van der Waals surface area contributed by atoms with Crippen LogP contribution in [0.5, 0.6) is 0 Å². The molecular formula is C11H9F2N3O. The van der Waals surface area contributed by atoms with Gasteiger partial charge in [-0.2, -0.15) is 0 Å². The van der Waals surface area contributed by atoms with Crippen LogP contribution in [0.25, 0.3) is 0 Å². The molecule has 0 spiro atoms. The third kappa shape index (κ3) is 2.47. The van der Waals surface area contributed by atoms with Crippen LogP contribution in [0.1, 0.15) is 16.1 Å². The summed E-state index contributed by atoms with van der Waals surface area (Å²) in [6.07, 6.45) is 2.72. The number of hydrogen-bond acceptors (Lipinski definition) is 2. The largest absolute Gasteiger partial charge is 0.364 e. The van der Waals surface area contributed by atoms with Crippen LogP contribution in [-0.4, -0.2) is 15.5 Å². The monoisotopic (exact) mass is 237 g/mol. The van der Waals surface area contributed by atoms with Crippen LogP contribution in [-0.2, 0) is 6.54 Å². The van der Waals surface area contributed by atoms with Gasteiger partial charge in [0, 0.05) is 11.8 Å². The lowest BCUT2D eigenvalue weighted by molar-refractivity contribution is 0.0996. The van der Waals surface area contributed by atoms with Gasteiger partial charge in [-0.1, -0.05) is 0 Å². The van der Waals surface area contributed by atoms with Gasteiger partial charge in [-0.25, -0.2) is 13.8 Å². The molecule has 4 nitrogen and oxygen atoms in total. The lowest BCUT2D eigenvalue weighted by atomic mass is 10.2. The highest BCUT2D eigenvalue weighted by atomic mass is 19.1. The van der Waals surface area contributed by atoms with Crippen LogP contribution < -0.4 is 5.73 Å². The molecule has 2 rings (SSSR count). The van der Waals surface area contributed by atoms with Crippen LogP contribution in [0.15, 0.2) is 30.7 Å². The first kappa shape index (κ1) is 11.3. The van der Waals surface area contributed by atoms with Crippen LogP contribution >= 0.6 is 0 Å². The van der Waals surface area contributed by atoms with E-state index in [-0.39, 0.29) is 17.8 Å². The molecule has 1 heterocycles. The molecule has 0 aliphatic heterocycles. The van der Waals surface area contributed by atoms with Crippen molar-refractivity contribution in [3.63, 3.8) is 0 Å². The van der Waals surface area contributed by atoms with Crippen molar-refractivity contribution >= 4 is 5.91 Å². The number of halogens is 2. The molecule has 1 aromatic heterocycles. The molecule has 17 heavy (non-hydrogen) atoms. The lowest BCUT2D eigenvalue weighted by Crippen LogP contribution is -2.11. The molecule has 2 aromatic rings. The van der Waals surface area contributed by atoms with Crippen molar-refractivity contribution in [2.45, 2.75) is 6.54 Å². The third-order valence-corrected chi connectivity index (χ3v) is 2.25. The van der Waals surface area contributed by atoms with Crippen molar-refractivity contribution < 1.29 is 13.6 Å². The second kappa shape index (κ2) is 4.32. The molecule has 88 valence electrons. The molecule has 1 aromatic carbocycles. The van der Waals surface area contributed by atoms with E-state index < -0.39 is 17.5 Å². The number of rotatable bonds is 3. The van der Waals surface area contributed by atoms with Gasteiger partial charge in [0.25, 0.3) is 5.91 Å². The summed E-state index contributed by atoms with van der Waals surface area (Å²) in [6, 6.07) is 3.19. The second-order valence-corrected chi connectivity index (χ2v) is 3.53. The maximum atomic E-state index is 13.3. The van der Waals surface area contributed by atoms with Crippen LogP contribution in [0.4, 0.5) is 8.78 Å². The van der Waals surface area contributed by atoms with Crippen molar-refractivity contribution in [3.8, 4) is 0 Å². The van der Waals surface area contributed by atoms with Gasteiger partial charge in [0.2, 0.25) is 0 Å². The summed E-state index contributed by atoms with van der Waals surface area (Å²) in [5.41, 5.74) is 5.29. The molecule has 2 N–H and O–H groups in total. The van der Waals surface area contributed by atoms with Gasteiger partial charge >= 0.3 is 0 Å². The Morgan fingerprint density at radius 1 is 1.41 bits per heavy atom. The first-order valence-corrected chi connectivity index (χ1v) is 4.82. The number of amides is 1. The summed E-state index contributed by atoms with van der Waals surface area (Å²) >= 11 is 0. The van der Waals surface area contributed by atoms with Gasteiger partial charge in [-0.15, -0.1) is 0 Å². The van der Waals surface area contributed by atoms with Crippen molar-refractivity contribution in [1.82, 2.24) is 9.55 Å². The molecule has 6 heteroatoms. The van der Waals surface area contributed by atoms with E-state index in [1.165, 1.54) is 17.1 Å². The number of carbonyl (C=O) groups excluding carboxylic acids is 1. The van der Waals surface area contributed by atoms with Gasteiger partial charge in [0.1, 0.15) is 17.3 Å². The van der Waals surface area contributed by atoms with E-state index in [0.29, 0.717) is 0 Å². The van der Waals surface area contributed by atoms with Gasteiger partial charge in [0.05, 0.1) is 12.9 Å². The smallest absolute Gasteiger partial charge is 0.268 e. The molecule has 0 atom stereocenters. The molecule has 0 radical (unpaired) electrons. The molecular weight excluding hydrogens is 228 g/mol. The molecule has 0 aliphatic rings. The average molecular weight is 237 g/mol. The SMILES string of the molecule is NC(=O)c1cn(Cc2cc(F)ccc2F)cn1. The van der Waals surface area contributed by atoms with Crippen LogP contribution in [0, 0.1) is 11.6 Å². The fourth-order valence-corrected chi connectivity index (χ4v) is 1.43. The zero-order valence-corrected chi connectivity index (χ0v) is 8.73. The minimum Gasteiger partial charge on any atom is -0.364 e. The third-order valence-electron chi connectivity index (χ3n) is 2.25. The Balaban J connectivity index is 2.25. The first-order chi connectivity index (χ1) is 8.06. The Morgan fingerprint density at radius 2 is 2.18 bits per heavy atom. The minimum atomic E-state index is -0.663. The number of primary amides is 1. The summed E-state index contributed by atoms with van der Waals surface area (Å²) < 4.78 is 27.7. The van der Waals surface area contributed by atoms with Crippen LogP contribution in [0.3, 0.4) is 0 Å². The molecule has 0 unspecified atom stereocenters. The first-order valence-electron chi connectivity index (χ1n) is 4.82. The van der Waals surface area contributed by atoms with Crippen molar-refractivity contribution in [2.24, 2.45) is 5.73 Å². The minimum absolute atomic E-state index is 0.0850. The normalized spacial score (nSPS) is 10.5. The predicted octanol–water partition coefficient (Wildman–Crippen LogP) is 1.31. The standard InChI is InChI=1S/C11H9F2N3O/c12-8-1-2-9(13)7(3-8)4-16-5-10(11(14)17)15-6-16/h1-3,5-6H,4H2,(H2,14,17). The molecule has 0 saturated carbocycles. The summed E-state index contributed by atoms with van der Waals surface area (Å²) in [5.74, 6) is -1.69. The molecule has 0 aliphatic carbocycles. The summed E-state index contributed by atoms with van der Waals surface area (Å²) in [7, 11) is 0. The Bertz CT molecular complexity index is 566. The summed E-state index contributed by atoms with van der Waals surface area (Å²) in [5, 5.41) is 0. The van der Waals surface area contributed by atoms with E-state index in [4.69, 9.17) is 5.73 Å². The average Bonchev–Trinajstić information content (AvgIpc) is 2.72. The molecule has 0 saturated heterocycles. The Hall–Kier alpha value is -2.24. The number of carbonyl (C=O) groups is 1. The number of nitrogens with two attached hydrogens (primary N) is 1. The molecule has 0 bridgehead atoms. The zero-order valence-electron chi connectivity index (χ0n) is 8.73. The van der Waals surface area contributed by atoms with Crippen molar-refractivity contribution in [1.29, 1.82) is 0 Å². The van der Waals surface area contributed by atoms with E-state index in [9.17, 15) is 13.6 Å². The highest BCUT2D eigenvalue weighted by molar-refractivity contribution is 5.90. The van der Waals surface area contributed by atoms with Gasteiger partial charge in [-0.05, 0) is 18.2 Å². The number of nitrogens with zero attached hydrogens (tertiary/aromatic N) is 2. The van der Waals surface area contributed by atoms with E-state index in [1.807, 2.05) is 0 Å². The van der Waals surface area contributed by atoms with Crippen molar-refractivity contribution in [3.05, 3.63) is 53.6 Å². The van der Waals surface area contributed by atoms with Gasteiger partial charge < -0.3 is 10.3 Å². The second-order valence-electron chi connectivity index (χ2n) is 3.53. The van der Waals surface area contributed by atoms with E-state index >= 15 is 0 Å². The highest BCUT2D eigenvalue weighted by Crippen LogP contribution is 2.11. The fraction of sp³-hybridized carbons (Fsp3) is 0.0909. The summed E-state index contributed by atoms with van der Waals surface area (Å²) in [4.78, 5) is 14.5. The number of aromatic nitrogens is 2. The maximum Gasteiger partial charge on any atom is 0.268 e. The Labute approximate surface area is 95.7 Å². The van der Waals surface area contributed by atoms with Gasteiger partial charge in [0.15, 0.2) is 0 Å². The summed E-state index contributed by atoms with van der Waals surface area (Å²) in [6.45, 7) is 0.0872. The number of hydrogen-bond donors (Lipinski definition) is 1. The predicted molar refractivity (Wildman–Crippen MR) is 56.2 cm³/mol.